The lowest BCUT2D eigenvalue weighted by atomic mass is 9.66. The Balaban J connectivity index is 1.87. The van der Waals surface area contributed by atoms with Crippen LogP contribution in [0.25, 0.3) is 0 Å². The van der Waals surface area contributed by atoms with Gasteiger partial charge in [0.25, 0.3) is 0 Å². The van der Waals surface area contributed by atoms with Gasteiger partial charge >= 0.3 is 0 Å². The molecule has 3 fully saturated rings. The van der Waals surface area contributed by atoms with E-state index >= 15 is 0 Å². The summed E-state index contributed by atoms with van der Waals surface area (Å²) in [5, 5.41) is 0. The van der Waals surface area contributed by atoms with Gasteiger partial charge in [0.15, 0.2) is 0 Å². The minimum Gasteiger partial charge on any atom is -0.355 e. The quantitative estimate of drug-likeness (QED) is 0.531. The molecule has 3 rings (SSSR count). The fourth-order valence-electron chi connectivity index (χ4n) is 2.85. The number of rotatable bonds is 0. The minimum atomic E-state index is 0.184. The molecule has 0 bridgehead atoms. The van der Waals surface area contributed by atoms with Crippen molar-refractivity contribution in [1.29, 1.82) is 0 Å². The molecular weight excluding hydrogens is 156 g/mol. The summed E-state index contributed by atoms with van der Waals surface area (Å²) in [6, 6.07) is 0. The number of hydrogen-bond acceptors (Lipinski definition) is 3. The third-order valence-electron chi connectivity index (χ3n) is 3.51. The Morgan fingerprint density at radius 1 is 1.42 bits per heavy atom. The number of ketones is 1. The molecule has 12 heavy (non-hydrogen) atoms. The van der Waals surface area contributed by atoms with Crippen molar-refractivity contribution < 1.29 is 14.3 Å². The monoisotopic (exact) mass is 168 g/mol. The van der Waals surface area contributed by atoms with Gasteiger partial charge in [-0.3, -0.25) is 4.79 Å². The van der Waals surface area contributed by atoms with E-state index in [0.717, 1.165) is 13.0 Å². The first-order valence-electron chi connectivity index (χ1n) is 4.58. The Bertz CT molecular complexity index is 226. The number of hydrogen-bond donors (Lipinski definition) is 0. The second-order valence-electron chi connectivity index (χ2n) is 4.04. The molecule has 0 aromatic heterocycles. The molecule has 3 aliphatic rings. The molecule has 0 N–H and O–H groups in total. The first-order chi connectivity index (χ1) is 5.86. The molecule has 0 aromatic rings. The average Bonchev–Trinajstić information content (AvgIpc) is 2.12. The maximum atomic E-state index is 11.4. The van der Waals surface area contributed by atoms with Crippen LogP contribution in [0.5, 0.6) is 0 Å². The summed E-state index contributed by atoms with van der Waals surface area (Å²) in [6.45, 7) is 1.18. The fraction of sp³-hybridized carbons (Fsp3) is 0.889. The van der Waals surface area contributed by atoms with Gasteiger partial charge in [-0.05, 0) is 12.3 Å². The molecule has 1 aliphatic heterocycles. The minimum absolute atomic E-state index is 0.184. The number of carbonyl (C=O) groups is 1. The van der Waals surface area contributed by atoms with E-state index in [0.29, 0.717) is 36.8 Å². The number of Topliss-reactive ketones (excluding diaryl/α,β-unsaturated/α-hetero) is 1. The fourth-order valence-corrected chi connectivity index (χ4v) is 2.85. The molecular formula is C9H12O3. The normalized spacial score (nSPS) is 51.2. The highest BCUT2D eigenvalue weighted by Crippen LogP contribution is 2.51. The van der Waals surface area contributed by atoms with Gasteiger partial charge in [0.05, 0.1) is 12.7 Å². The van der Waals surface area contributed by atoms with Crippen LogP contribution in [0.4, 0.5) is 0 Å². The summed E-state index contributed by atoms with van der Waals surface area (Å²) in [6.07, 6.45) is 1.86. The topological polar surface area (TPSA) is 35.5 Å². The van der Waals surface area contributed by atoms with Gasteiger partial charge in [0, 0.05) is 18.3 Å². The third-order valence-corrected chi connectivity index (χ3v) is 3.51. The highest BCUT2D eigenvalue weighted by Gasteiger charge is 2.55. The van der Waals surface area contributed by atoms with E-state index in [4.69, 9.17) is 9.47 Å². The molecule has 3 heteroatoms. The molecule has 1 heterocycles. The molecule has 1 saturated heterocycles. The zero-order chi connectivity index (χ0) is 8.13. The zero-order valence-electron chi connectivity index (χ0n) is 6.86. The molecule has 0 aromatic carbocycles. The third kappa shape index (κ3) is 0.756. The molecule has 0 radical (unpaired) electrons. The lowest BCUT2D eigenvalue weighted by Gasteiger charge is -2.39. The highest BCUT2D eigenvalue weighted by atomic mass is 16.7. The first-order valence-corrected chi connectivity index (χ1v) is 4.58. The van der Waals surface area contributed by atoms with Crippen molar-refractivity contribution in [3.8, 4) is 0 Å². The van der Waals surface area contributed by atoms with Crippen LogP contribution in [-0.2, 0) is 14.3 Å². The van der Waals surface area contributed by atoms with Gasteiger partial charge in [0.2, 0.25) is 0 Å². The maximum Gasteiger partial charge on any atom is 0.147 e. The van der Waals surface area contributed by atoms with Crippen LogP contribution in [0, 0.1) is 17.8 Å². The van der Waals surface area contributed by atoms with Crippen molar-refractivity contribution in [2.24, 2.45) is 17.8 Å². The van der Waals surface area contributed by atoms with Crippen LogP contribution in [-0.4, -0.2) is 25.3 Å². The predicted molar refractivity (Wildman–Crippen MR) is 40.4 cm³/mol. The summed E-state index contributed by atoms with van der Waals surface area (Å²) in [5.74, 6) is 1.85. The summed E-state index contributed by atoms with van der Waals surface area (Å²) in [7, 11) is 0. The van der Waals surface area contributed by atoms with E-state index in [1.165, 1.54) is 0 Å². The predicted octanol–water partition coefficient (Wildman–Crippen LogP) is 0.584. The standard InChI is InChI=1S/C9H12O3/c10-7-2-8-9-5(1-6(7)9)3-11-4-12-8/h5-6,8-9H,1-4H2/t5?,6-,8?,9-/m1/s1. The number of carbonyl (C=O) groups excluding carboxylic acids is 1. The molecule has 4 atom stereocenters. The largest absolute Gasteiger partial charge is 0.355 e. The summed E-state index contributed by atoms with van der Waals surface area (Å²) in [4.78, 5) is 11.4. The highest BCUT2D eigenvalue weighted by molar-refractivity contribution is 5.85. The van der Waals surface area contributed by atoms with Crippen LogP contribution in [0.2, 0.25) is 0 Å². The zero-order valence-corrected chi connectivity index (χ0v) is 6.86. The maximum absolute atomic E-state index is 11.4. The Kier molecular flexibility index (Phi) is 1.35. The SMILES string of the molecule is O=C1CC2OCOCC3C[C@H]1[C@@H]32. The van der Waals surface area contributed by atoms with E-state index in [1.54, 1.807) is 0 Å². The van der Waals surface area contributed by atoms with Gasteiger partial charge < -0.3 is 9.47 Å². The smallest absolute Gasteiger partial charge is 0.147 e. The lowest BCUT2D eigenvalue weighted by molar-refractivity contribution is -0.126. The molecule has 3 nitrogen and oxygen atoms in total. The first kappa shape index (κ1) is 7.04. The van der Waals surface area contributed by atoms with E-state index in [1.807, 2.05) is 0 Å². The van der Waals surface area contributed by atoms with Gasteiger partial charge in [0.1, 0.15) is 12.6 Å². The summed E-state index contributed by atoms with van der Waals surface area (Å²) < 4.78 is 10.7. The second kappa shape index (κ2) is 2.30. The van der Waals surface area contributed by atoms with Crippen molar-refractivity contribution in [3.05, 3.63) is 0 Å². The number of ether oxygens (including phenoxy) is 2. The Morgan fingerprint density at radius 3 is 3.25 bits per heavy atom. The van der Waals surface area contributed by atoms with Gasteiger partial charge in [-0.15, -0.1) is 0 Å². The van der Waals surface area contributed by atoms with Crippen LogP contribution in [0.3, 0.4) is 0 Å². The Hall–Kier alpha value is -0.410. The van der Waals surface area contributed by atoms with Crippen molar-refractivity contribution in [1.82, 2.24) is 0 Å². The van der Waals surface area contributed by atoms with E-state index < -0.39 is 0 Å². The van der Waals surface area contributed by atoms with E-state index in [-0.39, 0.29) is 6.10 Å². The molecule has 0 amide bonds. The van der Waals surface area contributed by atoms with E-state index in [9.17, 15) is 4.79 Å². The van der Waals surface area contributed by atoms with Crippen LogP contribution < -0.4 is 0 Å². The van der Waals surface area contributed by atoms with Crippen molar-refractivity contribution in [2.75, 3.05) is 13.4 Å². The molecule has 2 saturated carbocycles. The Labute approximate surface area is 71.0 Å². The van der Waals surface area contributed by atoms with Gasteiger partial charge in [-0.2, -0.15) is 0 Å². The molecule has 2 aliphatic carbocycles. The lowest BCUT2D eigenvalue weighted by Crippen LogP contribution is -2.41. The second-order valence-corrected chi connectivity index (χ2v) is 4.04. The van der Waals surface area contributed by atoms with Crippen LogP contribution >= 0.6 is 0 Å². The Morgan fingerprint density at radius 2 is 2.33 bits per heavy atom. The van der Waals surface area contributed by atoms with Crippen LogP contribution in [0.15, 0.2) is 0 Å². The molecule has 66 valence electrons. The van der Waals surface area contributed by atoms with Crippen molar-refractivity contribution >= 4 is 5.78 Å². The summed E-state index contributed by atoms with van der Waals surface area (Å²) >= 11 is 0. The van der Waals surface area contributed by atoms with Crippen LogP contribution in [0.1, 0.15) is 12.8 Å². The molecule has 2 unspecified atom stereocenters. The average molecular weight is 168 g/mol. The van der Waals surface area contributed by atoms with Crippen molar-refractivity contribution in [3.63, 3.8) is 0 Å². The van der Waals surface area contributed by atoms with E-state index in [2.05, 4.69) is 0 Å². The summed E-state index contributed by atoms with van der Waals surface area (Å²) in [5.41, 5.74) is 0. The molecule has 0 spiro atoms. The van der Waals surface area contributed by atoms with Crippen molar-refractivity contribution in [2.45, 2.75) is 18.9 Å². The van der Waals surface area contributed by atoms with Gasteiger partial charge in [-0.25, -0.2) is 0 Å². The van der Waals surface area contributed by atoms with Gasteiger partial charge in [-0.1, -0.05) is 0 Å².